The van der Waals surface area contributed by atoms with Crippen LogP contribution in [0.1, 0.15) is 258 Å². The molecule has 0 aliphatic heterocycles. The van der Waals surface area contributed by atoms with Gasteiger partial charge in [-0.25, -0.2) is 4.57 Å². The molecule has 1 amide bonds. The van der Waals surface area contributed by atoms with Gasteiger partial charge in [0.25, 0.3) is 0 Å². The third kappa shape index (κ3) is 43.6. The first kappa shape index (κ1) is 57.5. The zero-order valence-electron chi connectivity index (χ0n) is 39.6. The van der Waals surface area contributed by atoms with Crippen LogP contribution in [0.25, 0.3) is 0 Å². The van der Waals surface area contributed by atoms with Crippen LogP contribution in [-0.2, 0) is 18.4 Å². The Labute approximate surface area is 361 Å². The number of carbonyl (C=O) groups is 1. The number of nitrogens with zero attached hydrogens (tertiary/aromatic N) is 1. The van der Waals surface area contributed by atoms with E-state index < -0.39 is 20.0 Å². The smallest absolute Gasteiger partial charge is 0.391 e. The van der Waals surface area contributed by atoms with Crippen molar-refractivity contribution >= 4 is 13.7 Å². The van der Waals surface area contributed by atoms with Crippen molar-refractivity contribution in [2.75, 3.05) is 40.9 Å². The van der Waals surface area contributed by atoms with Crippen molar-refractivity contribution in [3.05, 3.63) is 0 Å². The van der Waals surface area contributed by atoms with Crippen LogP contribution in [0.3, 0.4) is 0 Å². The molecule has 3 atom stereocenters. The molecule has 8 nitrogen and oxygen atoms in total. The van der Waals surface area contributed by atoms with Crippen molar-refractivity contribution in [3.8, 4) is 0 Å². The van der Waals surface area contributed by atoms with Gasteiger partial charge in [-0.15, -0.1) is 0 Å². The average Bonchev–Trinajstić information content (AvgIpc) is 3.17. The first-order valence-corrected chi connectivity index (χ1v) is 26.9. The van der Waals surface area contributed by atoms with Gasteiger partial charge in [0.1, 0.15) is 13.2 Å². The highest BCUT2D eigenvalue weighted by Gasteiger charge is 2.28. The fourth-order valence-electron chi connectivity index (χ4n) is 7.81. The van der Waals surface area contributed by atoms with Crippen molar-refractivity contribution in [2.45, 2.75) is 270 Å². The molecular formula is C49H102N2O6P+. The van der Waals surface area contributed by atoms with Gasteiger partial charge in [-0.1, -0.05) is 239 Å². The first-order chi connectivity index (χ1) is 28.0. The van der Waals surface area contributed by atoms with Gasteiger partial charge in [0.05, 0.1) is 39.9 Å². The van der Waals surface area contributed by atoms with E-state index in [0.29, 0.717) is 23.9 Å². The van der Waals surface area contributed by atoms with Crippen molar-refractivity contribution in [3.63, 3.8) is 0 Å². The Hall–Kier alpha value is -0.500. The van der Waals surface area contributed by atoms with Gasteiger partial charge < -0.3 is 19.8 Å². The third-order valence-corrected chi connectivity index (χ3v) is 12.8. The maximum Gasteiger partial charge on any atom is 0.472 e. The van der Waals surface area contributed by atoms with Crippen LogP contribution >= 0.6 is 7.82 Å². The molecule has 0 aromatic carbocycles. The lowest BCUT2D eigenvalue weighted by Crippen LogP contribution is -2.46. The molecule has 0 aliphatic carbocycles. The molecule has 58 heavy (non-hydrogen) atoms. The number of nitrogens with one attached hydrogen (secondary N) is 1. The molecule has 9 heteroatoms. The fraction of sp³-hybridized carbons (Fsp3) is 0.980. The van der Waals surface area contributed by atoms with Crippen molar-refractivity contribution in [1.29, 1.82) is 0 Å². The fourth-order valence-corrected chi connectivity index (χ4v) is 8.55. The number of quaternary nitrogens is 1. The van der Waals surface area contributed by atoms with Crippen LogP contribution in [-0.4, -0.2) is 73.4 Å². The molecule has 0 radical (unpaired) electrons. The highest BCUT2D eigenvalue weighted by molar-refractivity contribution is 7.47. The minimum atomic E-state index is -4.31. The molecule has 0 aliphatic rings. The second-order valence-electron chi connectivity index (χ2n) is 18.9. The van der Waals surface area contributed by atoms with Crippen molar-refractivity contribution < 1.29 is 32.9 Å². The summed E-state index contributed by atoms with van der Waals surface area (Å²) in [6, 6.07) is -0.753. The van der Waals surface area contributed by atoms with Gasteiger partial charge in [0.2, 0.25) is 5.91 Å². The molecule has 3 N–H and O–H groups in total. The minimum absolute atomic E-state index is 0.0788. The molecule has 3 unspecified atom stereocenters. The van der Waals surface area contributed by atoms with Gasteiger partial charge in [-0.05, 0) is 12.8 Å². The van der Waals surface area contributed by atoms with E-state index in [-0.39, 0.29) is 19.1 Å². The van der Waals surface area contributed by atoms with Crippen LogP contribution < -0.4 is 5.32 Å². The molecule has 348 valence electrons. The van der Waals surface area contributed by atoms with Gasteiger partial charge in [-0.3, -0.25) is 13.8 Å². The van der Waals surface area contributed by atoms with E-state index in [2.05, 4.69) is 19.2 Å². The maximum atomic E-state index is 12.9. The Morgan fingerprint density at radius 1 is 0.517 bits per heavy atom. The maximum absolute atomic E-state index is 12.9. The molecule has 0 heterocycles. The number of phosphoric acid groups is 1. The number of aliphatic hydroxyl groups excluding tert-OH is 1. The molecule has 0 spiro atoms. The number of hydrogen-bond donors (Lipinski definition) is 3. The SMILES string of the molecule is CCCCCCCCCCCCCCCCCCCCCCCCC(O)C(COP(=O)(O)OCC[N+](C)(C)C)NC(=O)CCCCCCCCCCCCCCCC. The third-order valence-electron chi connectivity index (χ3n) is 11.9. The number of rotatable bonds is 47. The molecule has 0 rings (SSSR count). The van der Waals surface area contributed by atoms with Gasteiger partial charge in [-0.2, -0.15) is 0 Å². The van der Waals surface area contributed by atoms with Crippen LogP contribution in [0.4, 0.5) is 0 Å². The highest BCUT2D eigenvalue weighted by atomic mass is 31.2. The summed E-state index contributed by atoms with van der Waals surface area (Å²) in [5.74, 6) is -0.139. The summed E-state index contributed by atoms with van der Waals surface area (Å²) in [6.07, 6.45) is 47.1. The first-order valence-electron chi connectivity index (χ1n) is 25.4. The topological polar surface area (TPSA) is 105 Å². The molecule has 0 aromatic rings. The largest absolute Gasteiger partial charge is 0.472 e. The van der Waals surface area contributed by atoms with E-state index in [0.717, 1.165) is 38.5 Å². The minimum Gasteiger partial charge on any atom is -0.391 e. The predicted molar refractivity (Wildman–Crippen MR) is 249 cm³/mol. The standard InChI is InChI=1S/C49H101N2O6P/c1-6-8-10-12-14-16-18-20-22-23-24-25-26-27-28-29-30-32-34-36-38-40-42-48(52)47(46-57-58(54,55)56-45-44-51(3,4)5)50-49(53)43-41-39-37-35-33-31-21-19-17-15-13-11-9-7-2/h47-48,52H,6-46H2,1-5H3,(H-,50,53,54,55)/p+1. The average molecular weight is 846 g/mol. The van der Waals surface area contributed by atoms with Crippen LogP contribution in [0.15, 0.2) is 0 Å². The lowest BCUT2D eigenvalue weighted by Gasteiger charge is -2.26. The Morgan fingerprint density at radius 3 is 1.16 bits per heavy atom. The molecule has 0 aromatic heterocycles. The van der Waals surface area contributed by atoms with Crippen LogP contribution in [0.2, 0.25) is 0 Å². The summed E-state index contributed by atoms with van der Waals surface area (Å²) < 4.78 is 23.7. The number of likely N-dealkylation sites (N-methyl/N-ethyl adjacent to an activating group) is 1. The van der Waals surface area contributed by atoms with E-state index >= 15 is 0 Å². The van der Waals surface area contributed by atoms with Crippen LogP contribution in [0, 0.1) is 0 Å². The quantitative estimate of drug-likeness (QED) is 0.0320. The molecule has 0 fully saturated rings. The monoisotopic (exact) mass is 846 g/mol. The molecule has 0 bridgehead atoms. The lowest BCUT2D eigenvalue weighted by atomic mass is 10.0. The van der Waals surface area contributed by atoms with E-state index in [9.17, 15) is 19.4 Å². The lowest BCUT2D eigenvalue weighted by molar-refractivity contribution is -0.870. The zero-order valence-corrected chi connectivity index (χ0v) is 40.5. The van der Waals surface area contributed by atoms with Crippen molar-refractivity contribution in [1.82, 2.24) is 5.32 Å². The number of phosphoric ester groups is 1. The second kappa shape index (κ2) is 41.8. The van der Waals surface area contributed by atoms with E-state index in [4.69, 9.17) is 9.05 Å². The van der Waals surface area contributed by atoms with Crippen LogP contribution in [0.5, 0.6) is 0 Å². The molecule has 0 saturated carbocycles. The highest BCUT2D eigenvalue weighted by Crippen LogP contribution is 2.43. The summed E-state index contributed by atoms with van der Waals surface area (Å²) in [6.45, 7) is 4.92. The van der Waals surface area contributed by atoms with E-state index in [1.54, 1.807) is 0 Å². The number of amides is 1. The predicted octanol–water partition coefficient (Wildman–Crippen LogP) is 14.5. The van der Waals surface area contributed by atoms with E-state index in [1.807, 2.05) is 21.1 Å². The Balaban J connectivity index is 4.20. The Morgan fingerprint density at radius 2 is 0.828 bits per heavy atom. The number of unbranched alkanes of at least 4 members (excludes halogenated alkanes) is 34. The Bertz CT molecular complexity index is 916. The van der Waals surface area contributed by atoms with Gasteiger partial charge in [0, 0.05) is 6.42 Å². The molecule has 0 saturated heterocycles. The molecular weight excluding hydrogens is 744 g/mol. The number of carbonyl (C=O) groups excluding carboxylic acids is 1. The normalized spacial score (nSPS) is 14.1. The summed E-state index contributed by atoms with van der Waals surface area (Å²) in [5.41, 5.74) is 0. The van der Waals surface area contributed by atoms with E-state index in [1.165, 1.54) is 193 Å². The summed E-state index contributed by atoms with van der Waals surface area (Å²) in [4.78, 5) is 23.2. The van der Waals surface area contributed by atoms with Gasteiger partial charge >= 0.3 is 7.82 Å². The number of hydrogen-bond acceptors (Lipinski definition) is 5. The summed E-state index contributed by atoms with van der Waals surface area (Å²) >= 11 is 0. The summed E-state index contributed by atoms with van der Waals surface area (Å²) in [7, 11) is 1.63. The Kier molecular flexibility index (Phi) is 41.5. The van der Waals surface area contributed by atoms with Crippen molar-refractivity contribution in [2.24, 2.45) is 0 Å². The number of aliphatic hydroxyl groups is 1. The summed E-state index contributed by atoms with van der Waals surface area (Å²) in [5, 5.41) is 14.0. The second-order valence-corrected chi connectivity index (χ2v) is 20.4. The zero-order chi connectivity index (χ0) is 42.8. The van der Waals surface area contributed by atoms with Gasteiger partial charge in [0.15, 0.2) is 0 Å².